The largest absolute Gasteiger partial charge is 0.342 e. The van der Waals surface area contributed by atoms with Crippen molar-refractivity contribution < 1.29 is 4.79 Å². The van der Waals surface area contributed by atoms with Crippen molar-refractivity contribution in [3.05, 3.63) is 35.4 Å². The summed E-state index contributed by atoms with van der Waals surface area (Å²) in [5.74, 6) is 0.619. The minimum atomic E-state index is 0.199. The zero-order valence-electron chi connectivity index (χ0n) is 14.7. The Bertz CT molecular complexity index is 943. The van der Waals surface area contributed by atoms with E-state index in [9.17, 15) is 4.79 Å². The lowest BCUT2D eigenvalue weighted by atomic mass is 10.1. The molecule has 1 amide bonds. The summed E-state index contributed by atoms with van der Waals surface area (Å²) in [7, 11) is 0. The van der Waals surface area contributed by atoms with Gasteiger partial charge in [-0.05, 0) is 60.9 Å². The first-order chi connectivity index (χ1) is 12.2. The molecule has 0 atom stereocenters. The topological polar surface area (TPSA) is 50.5 Å². The van der Waals surface area contributed by atoms with Crippen LogP contribution in [0, 0.1) is 6.92 Å². The molecule has 25 heavy (non-hydrogen) atoms. The van der Waals surface area contributed by atoms with Gasteiger partial charge in [-0.1, -0.05) is 24.8 Å². The standard InChI is InChI=1S/C19H22N4OS/c1-3-14-6-7-16-15(11-14)10-13(2)18-20-21-19(23(16)18)25-12-17(24)22-8-4-5-9-22/h6-7,10-11H,3-5,8-9,12H2,1-2H3. The smallest absolute Gasteiger partial charge is 0.233 e. The summed E-state index contributed by atoms with van der Waals surface area (Å²) in [5, 5.41) is 10.7. The van der Waals surface area contributed by atoms with Crippen LogP contribution in [0.4, 0.5) is 0 Å². The maximum absolute atomic E-state index is 12.3. The lowest BCUT2D eigenvalue weighted by molar-refractivity contribution is -0.127. The van der Waals surface area contributed by atoms with Crippen LogP contribution in [0.5, 0.6) is 0 Å². The van der Waals surface area contributed by atoms with Crippen LogP contribution >= 0.6 is 11.8 Å². The number of hydrogen-bond donors (Lipinski definition) is 0. The van der Waals surface area contributed by atoms with Crippen molar-refractivity contribution in [1.82, 2.24) is 19.5 Å². The highest BCUT2D eigenvalue weighted by atomic mass is 32.2. The number of hydrogen-bond acceptors (Lipinski definition) is 4. The summed E-state index contributed by atoms with van der Waals surface area (Å²) in [6.45, 7) is 6.01. The van der Waals surface area contributed by atoms with Crippen molar-refractivity contribution in [2.45, 2.75) is 38.3 Å². The van der Waals surface area contributed by atoms with E-state index in [0.717, 1.165) is 54.2 Å². The highest BCUT2D eigenvalue weighted by Gasteiger charge is 2.19. The summed E-state index contributed by atoms with van der Waals surface area (Å²) in [6.07, 6.45) is 3.25. The fourth-order valence-corrected chi connectivity index (χ4v) is 4.31. The third kappa shape index (κ3) is 2.99. The number of carbonyl (C=O) groups excluding carboxylic acids is 1. The zero-order valence-corrected chi connectivity index (χ0v) is 15.5. The Hall–Kier alpha value is -2.08. The van der Waals surface area contributed by atoms with E-state index in [2.05, 4.69) is 52.7 Å². The van der Waals surface area contributed by atoms with Crippen LogP contribution in [-0.4, -0.2) is 44.2 Å². The molecule has 2 aromatic heterocycles. The maximum atomic E-state index is 12.3. The Morgan fingerprint density at radius 1 is 1.20 bits per heavy atom. The lowest BCUT2D eigenvalue weighted by Gasteiger charge is -2.14. The Labute approximate surface area is 151 Å². The molecule has 1 aliphatic rings. The SMILES string of the molecule is CCc1ccc2c(c1)cc(C)c1nnc(SCC(=O)N3CCCC3)n12. The summed E-state index contributed by atoms with van der Waals surface area (Å²) in [5.41, 5.74) is 4.38. The average Bonchev–Trinajstić information content (AvgIpc) is 3.29. The second-order valence-electron chi connectivity index (χ2n) is 6.59. The third-order valence-corrected chi connectivity index (χ3v) is 5.80. The van der Waals surface area contributed by atoms with Gasteiger partial charge in [0.1, 0.15) is 0 Å². The number of rotatable bonds is 4. The highest BCUT2D eigenvalue weighted by Crippen LogP contribution is 2.27. The molecule has 0 unspecified atom stereocenters. The van der Waals surface area contributed by atoms with E-state index in [1.165, 1.54) is 22.7 Å². The van der Waals surface area contributed by atoms with Gasteiger partial charge in [-0.3, -0.25) is 9.20 Å². The Kier molecular flexibility index (Phi) is 4.37. The van der Waals surface area contributed by atoms with Crippen LogP contribution in [0.15, 0.2) is 29.4 Å². The molecule has 0 aliphatic carbocycles. The number of carbonyl (C=O) groups is 1. The monoisotopic (exact) mass is 354 g/mol. The van der Waals surface area contributed by atoms with Gasteiger partial charge < -0.3 is 4.90 Å². The van der Waals surface area contributed by atoms with Crippen molar-refractivity contribution in [1.29, 1.82) is 0 Å². The molecule has 4 rings (SSSR count). The number of aromatic nitrogens is 3. The molecule has 0 spiro atoms. The van der Waals surface area contributed by atoms with E-state index < -0.39 is 0 Å². The van der Waals surface area contributed by atoms with Gasteiger partial charge in [0.2, 0.25) is 5.91 Å². The van der Waals surface area contributed by atoms with Gasteiger partial charge in [-0.25, -0.2) is 0 Å². The summed E-state index contributed by atoms with van der Waals surface area (Å²) in [6, 6.07) is 8.69. The number of pyridine rings is 1. The predicted molar refractivity (Wildman–Crippen MR) is 101 cm³/mol. The normalized spacial score (nSPS) is 14.7. The molecule has 1 saturated heterocycles. The molecular weight excluding hydrogens is 332 g/mol. The lowest BCUT2D eigenvalue weighted by Crippen LogP contribution is -2.29. The van der Waals surface area contributed by atoms with Crippen LogP contribution in [0.2, 0.25) is 0 Å². The Morgan fingerprint density at radius 2 is 2.00 bits per heavy atom. The number of aryl methyl sites for hydroxylation is 2. The number of fused-ring (bicyclic) bond motifs is 3. The maximum Gasteiger partial charge on any atom is 0.233 e. The molecule has 0 N–H and O–H groups in total. The zero-order chi connectivity index (χ0) is 17.4. The van der Waals surface area contributed by atoms with E-state index in [1.807, 2.05) is 4.90 Å². The van der Waals surface area contributed by atoms with Gasteiger partial charge in [0.25, 0.3) is 0 Å². The van der Waals surface area contributed by atoms with Crippen LogP contribution in [0.25, 0.3) is 16.6 Å². The van der Waals surface area contributed by atoms with E-state index in [1.54, 1.807) is 0 Å². The molecule has 6 heteroatoms. The molecule has 0 bridgehead atoms. The van der Waals surface area contributed by atoms with Crippen molar-refractivity contribution in [3.8, 4) is 0 Å². The fraction of sp³-hybridized carbons (Fsp3) is 0.421. The van der Waals surface area contributed by atoms with E-state index in [4.69, 9.17) is 0 Å². The third-order valence-electron chi connectivity index (χ3n) is 4.88. The van der Waals surface area contributed by atoms with E-state index in [0.29, 0.717) is 5.75 Å². The number of amides is 1. The molecule has 5 nitrogen and oxygen atoms in total. The van der Waals surface area contributed by atoms with Gasteiger partial charge in [-0.2, -0.15) is 0 Å². The number of nitrogens with zero attached hydrogens (tertiary/aromatic N) is 4. The fourth-order valence-electron chi connectivity index (χ4n) is 3.46. The second kappa shape index (κ2) is 6.67. The molecule has 3 heterocycles. The van der Waals surface area contributed by atoms with E-state index in [-0.39, 0.29) is 5.91 Å². The molecule has 1 aromatic carbocycles. The first-order valence-corrected chi connectivity index (χ1v) is 9.84. The molecule has 0 radical (unpaired) electrons. The Morgan fingerprint density at radius 3 is 2.76 bits per heavy atom. The number of benzene rings is 1. The van der Waals surface area contributed by atoms with Crippen LogP contribution in [0.1, 0.15) is 30.9 Å². The molecular formula is C19H22N4OS. The molecule has 130 valence electrons. The molecule has 3 aromatic rings. The van der Waals surface area contributed by atoms with Gasteiger partial charge >= 0.3 is 0 Å². The number of likely N-dealkylation sites (tertiary alicyclic amines) is 1. The predicted octanol–water partition coefficient (Wildman–Crippen LogP) is 3.47. The van der Waals surface area contributed by atoms with Crippen molar-refractivity contribution >= 4 is 34.2 Å². The van der Waals surface area contributed by atoms with Crippen molar-refractivity contribution in [2.24, 2.45) is 0 Å². The van der Waals surface area contributed by atoms with Gasteiger partial charge in [0, 0.05) is 13.1 Å². The summed E-state index contributed by atoms with van der Waals surface area (Å²) >= 11 is 1.48. The van der Waals surface area contributed by atoms with Crippen molar-refractivity contribution in [2.75, 3.05) is 18.8 Å². The van der Waals surface area contributed by atoms with Crippen LogP contribution in [0.3, 0.4) is 0 Å². The first kappa shape index (κ1) is 16.4. The minimum absolute atomic E-state index is 0.199. The van der Waals surface area contributed by atoms with Crippen LogP contribution in [-0.2, 0) is 11.2 Å². The van der Waals surface area contributed by atoms with Gasteiger partial charge in [-0.15, -0.1) is 10.2 Å². The minimum Gasteiger partial charge on any atom is -0.342 e. The molecule has 1 aliphatic heterocycles. The van der Waals surface area contributed by atoms with Crippen LogP contribution < -0.4 is 0 Å². The number of thioether (sulfide) groups is 1. The molecule has 1 fully saturated rings. The molecule has 0 saturated carbocycles. The summed E-state index contributed by atoms with van der Waals surface area (Å²) < 4.78 is 2.09. The first-order valence-electron chi connectivity index (χ1n) is 8.85. The van der Waals surface area contributed by atoms with Crippen molar-refractivity contribution in [3.63, 3.8) is 0 Å². The quantitative estimate of drug-likeness (QED) is 0.673. The van der Waals surface area contributed by atoms with Gasteiger partial charge in [0.05, 0.1) is 11.3 Å². The summed E-state index contributed by atoms with van der Waals surface area (Å²) in [4.78, 5) is 14.3. The average molecular weight is 354 g/mol. The second-order valence-corrected chi connectivity index (χ2v) is 7.53. The van der Waals surface area contributed by atoms with Gasteiger partial charge in [0.15, 0.2) is 10.8 Å². The highest BCUT2D eigenvalue weighted by molar-refractivity contribution is 7.99. The van der Waals surface area contributed by atoms with E-state index >= 15 is 0 Å². The Balaban J connectivity index is 1.70.